The van der Waals surface area contributed by atoms with Gasteiger partial charge in [0.05, 0.1) is 18.7 Å². The average molecular weight is 251 g/mol. The molecule has 0 aromatic carbocycles. The Morgan fingerprint density at radius 3 is 3.11 bits per heavy atom. The highest BCUT2D eigenvalue weighted by Crippen LogP contribution is 2.08. The summed E-state index contributed by atoms with van der Waals surface area (Å²) in [4.78, 5) is 13.4. The molecule has 1 amide bonds. The van der Waals surface area contributed by atoms with Crippen LogP contribution in [0.25, 0.3) is 0 Å². The lowest BCUT2D eigenvalue weighted by Gasteiger charge is -2.19. The number of nitrogens with zero attached hydrogens (tertiary/aromatic N) is 2. The maximum Gasteiger partial charge on any atom is 0.238 e. The van der Waals surface area contributed by atoms with Crippen molar-refractivity contribution in [2.24, 2.45) is 0 Å². The lowest BCUT2D eigenvalue weighted by Crippen LogP contribution is -2.41. The van der Waals surface area contributed by atoms with Crippen LogP contribution in [-0.4, -0.2) is 49.2 Å². The van der Waals surface area contributed by atoms with E-state index in [0.29, 0.717) is 13.2 Å². The van der Waals surface area contributed by atoms with Gasteiger partial charge in [-0.15, -0.1) is 0 Å². The van der Waals surface area contributed by atoms with Crippen molar-refractivity contribution < 1.29 is 9.53 Å². The van der Waals surface area contributed by atoms with E-state index in [1.54, 1.807) is 11.0 Å². The van der Waals surface area contributed by atoms with Crippen molar-refractivity contribution in [3.05, 3.63) is 12.2 Å². The summed E-state index contributed by atoms with van der Waals surface area (Å²) in [7, 11) is 0. The topological polar surface area (TPSA) is 65.4 Å². The highest BCUT2D eigenvalue weighted by Gasteiger charge is 2.23. The zero-order valence-corrected chi connectivity index (χ0v) is 11.1. The molecule has 0 fully saturated rings. The van der Waals surface area contributed by atoms with Gasteiger partial charge in [-0.1, -0.05) is 6.08 Å². The van der Waals surface area contributed by atoms with Gasteiger partial charge in [-0.25, -0.2) is 0 Å². The smallest absolute Gasteiger partial charge is 0.238 e. The van der Waals surface area contributed by atoms with Crippen LogP contribution in [-0.2, 0) is 9.53 Å². The summed E-state index contributed by atoms with van der Waals surface area (Å²) < 4.78 is 5.39. The number of amides is 1. The molecular formula is C13H21N3O2. The second kappa shape index (κ2) is 7.85. The first kappa shape index (κ1) is 14.7. The summed E-state index contributed by atoms with van der Waals surface area (Å²) in [5.74, 6) is -0.0312. The maximum atomic E-state index is 11.8. The van der Waals surface area contributed by atoms with Gasteiger partial charge < -0.3 is 15.0 Å². The minimum atomic E-state index is -0.399. The van der Waals surface area contributed by atoms with Gasteiger partial charge in [0.15, 0.2) is 0 Å². The summed E-state index contributed by atoms with van der Waals surface area (Å²) in [6.07, 6.45) is 4.74. The lowest BCUT2D eigenvalue weighted by molar-refractivity contribution is -0.129. The van der Waals surface area contributed by atoms with E-state index in [9.17, 15) is 4.79 Å². The monoisotopic (exact) mass is 251 g/mol. The molecule has 0 saturated carbocycles. The van der Waals surface area contributed by atoms with Crippen molar-refractivity contribution in [3.63, 3.8) is 0 Å². The minimum Gasteiger partial charge on any atom is -0.379 e. The van der Waals surface area contributed by atoms with Crippen molar-refractivity contribution in [1.29, 1.82) is 5.26 Å². The van der Waals surface area contributed by atoms with Gasteiger partial charge in [0.1, 0.15) is 6.04 Å². The van der Waals surface area contributed by atoms with Crippen LogP contribution in [0.4, 0.5) is 0 Å². The fourth-order valence-corrected chi connectivity index (χ4v) is 1.70. The number of hydrogen-bond acceptors (Lipinski definition) is 4. The van der Waals surface area contributed by atoms with E-state index in [2.05, 4.69) is 11.4 Å². The molecule has 1 atom stereocenters. The molecule has 18 heavy (non-hydrogen) atoms. The molecule has 1 N–H and O–H groups in total. The highest BCUT2D eigenvalue weighted by molar-refractivity contribution is 5.79. The first-order chi connectivity index (χ1) is 8.65. The number of rotatable bonds is 7. The number of carbonyl (C=O) groups is 1. The molecule has 1 aliphatic heterocycles. The third-order valence-corrected chi connectivity index (χ3v) is 2.63. The number of ether oxygens (including phenoxy) is 1. The Bertz CT molecular complexity index is 334. The third-order valence-electron chi connectivity index (χ3n) is 2.63. The van der Waals surface area contributed by atoms with E-state index in [1.807, 2.05) is 19.9 Å². The molecule has 1 heterocycles. The van der Waals surface area contributed by atoms with Gasteiger partial charge in [0, 0.05) is 13.2 Å². The van der Waals surface area contributed by atoms with Gasteiger partial charge in [0.25, 0.3) is 0 Å². The molecule has 100 valence electrons. The largest absolute Gasteiger partial charge is 0.379 e. The quantitative estimate of drug-likeness (QED) is 0.534. The third kappa shape index (κ3) is 4.86. The Balaban J connectivity index is 2.09. The standard InChI is InChI=1S/C13H21N3O2/c1-11(2)18-8-4-6-15-10-13(17)16-7-3-5-12(16)9-14/h3,5,11-12,15H,4,6-8,10H2,1-2H3. The fraction of sp³-hybridized carbons (Fsp3) is 0.692. The summed E-state index contributed by atoms with van der Waals surface area (Å²) in [5, 5.41) is 11.9. The number of carbonyl (C=O) groups excluding carboxylic acids is 1. The Hall–Kier alpha value is -1.38. The first-order valence-corrected chi connectivity index (χ1v) is 6.33. The molecule has 1 unspecified atom stereocenters. The molecular weight excluding hydrogens is 230 g/mol. The van der Waals surface area contributed by atoms with Gasteiger partial charge in [0.2, 0.25) is 5.91 Å². The van der Waals surface area contributed by atoms with Crippen LogP contribution in [0.15, 0.2) is 12.2 Å². The molecule has 0 aromatic heterocycles. The molecule has 0 radical (unpaired) electrons. The van der Waals surface area contributed by atoms with Crippen LogP contribution < -0.4 is 5.32 Å². The van der Waals surface area contributed by atoms with E-state index in [4.69, 9.17) is 10.00 Å². The molecule has 1 aliphatic rings. The van der Waals surface area contributed by atoms with Crippen molar-refractivity contribution in [3.8, 4) is 6.07 Å². The van der Waals surface area contributed by atoms with Crippen LogP contribution >= 0.6 is 0 Å². The molecule has 5 nitrogen and oxygen atoms in total. The molecule has 0 aliphatic carbocycles. The number of hydrogen-bond donors (Lipinski definition) is 1. The minimum absolute atomic E-state index is 0.0312. The van der Waals surface area contributed by atoms with Crippen molar-refractivity contribution in [2.75, 3.05) is 26.2 Å². The normalized spacial score (nSPS) is 18.3. The zero-order valence-electron chi connectivity index (χ0n) is 11.1. The average Bonchev–Trinajstić information content (AvgIpc) is 2.81. The van der Waals surface area contributed by atoms with Crippen molar-refractivity contribution in [2.45, 2.75) is 32.4 Å². The Morgan fingerprint density at radius 1 is 1.67 bits per heavy atom. The molecule has 5 heteroatoms. The van der Waals surface area contributed by atoms with Crippen LogP contribution in [0.3, 0.4) is 0 Å². The summed E-state index contributed by atoms with van der Waals surface area (Å²) in [6.45, 7) is 6.26. The summed E-state index contributed by atoms with van der Waals surface area (Å²) in [5.41, 5.74) is 0. The number of nitriles is 1. The molecule has 0 aromatic rings. The maximum absolute atomic E-state index is 11.8. The lowest BCUT2D eigenvalue weighted by atomic mass is 10.3. The van der Waals surface area contributed by atoms with Gasteiger partial charge in [-0.05, 0) is 32.9 Å². The summed E-state index contributed by atoms with van der Waals surface area (Å²) >= 11 is 0. The van der Waals surface area contributed by atoms with Gasteiger partial charge in [-0.2, -0.15) is 5.26 Å². The van der Waals surface area contributed by atoms with Crippen LogP contribution in [0.5, 0.6) is 0 Å². The second-order valence-electron chi connectivity index (χ2n) is 4.50. The molecule has 0 saturated heterocycles. The van der Waals surface area contributed by atoms with Crippen molar-refractivity contribution in [1.82, 2.24) is 10.2 Å². The van der Waals surface area contributed by atoms with E-state index in [0.717, 1.165) is 13.0 Å². The van der Waals surface area contributed by atoms with Crippen molar-refractivity contribution >= 4 is 5.91 Å². The molecule has 0 bridgehead atoms. The van der Waals surface area contributed by atoms with E-state index in [-0.39, 0.29) is 18.6 Å². The van der Waals surface area contributed by atoms with Crippen LogP contribution in [0.1, 0.15) is 20.3 Å². The Labute approximate surface area is 108 Å². The summed E-state index contributed by atoms with van der Waals surface area (Å²) in [6, 6.07) is 1.69. The van der Waals surface area contributed by atoms with Crippen LogP contribution in [0.2, 0.25) is 0 Å². The zero-order chi connectivity index (χ0) is 13.4. The van der Waals surface area contributed by atoms with Crippen LogP contribution in [0, 0.1) is 11.3 Å². The predicted molar refractivity (Wildman–Crippen MR) is 68.8 cm³/mol. The fourth-order valence-electron chi connectivity index (χ4n) is 1.70. The molecule has 1 rings (SSSR count). The van der Waals surface area contributed by atoms with E-state index < -0.39 is 6.04 Å². The van der Waals surface area contributed by atoms with Gasteiger partial charge in [-0.3, -0.25) is 4.79 Å². The van der Waals surface area contributed by atoms with E-state index >= 15 is 0 Å². The van der Waals surface area contributed by atoms with E-state index in [1.165, 1.54) is 0 Å². The predicted octanol–water partition coefficient (Wildman–Crippen LogP) is 0.682. The number of nitrogens with one attached hydrogen (secondary N) is 1. The molecule has 0 spiro atoms. The van der Waals surface area contributed by atoms with Gasteiger partial charge >= 0.3 is 0 Å². The highest BCUT2D eigenvalue weighted by atomic mass is 16.5. The Morgan fingerprint density at radius 2 is 2.44 bits per heavy atom. The SMILES string of the molecule is CC(C)OCCCNCC(=O)N1CC=CC1C#N. The first-order valence-electron chi connectivity index (χ1n) is 6.33. The Kier molecular flexibility index (Phi) is 6.40. The second-order valence-corrected chi connectivity index (χ2v) is 4.50.